The molecule has 0 amide bonds. The first-order valence-electron chi connectivity index (χ1n) is 6.45. The zero-order chi connectivity index (χ0) is 15.4. The van der Waals surface area contributed by atoms with Gasteiger partial charge in [0, 0.05) is 5.56 Å². The highest BCUT2D eigenvalue weighted by Crippen LogP contribution is 2.39. The molecule has 0 aliphatic carbocycles. The zero-order valence-electron chi connectivity index (χ0n) is 12.1. The summed E-state index contributed by atoms with van der Waals surface area (Å²) in [6.07, 6.45) is 0. The number of hydrogen-bond donors (Lipinski definition) is 1. The lowest BCUT2D eigenvalue weighted by Gasteiger charge is -2.20. The fourth-order valence-electron chi connectivity index (χ4n) is 2.32. The van der Waals surface area contributed by atoms with E-state index in [9.17, 15) is 4.39 Å². The van der Waals surface area contributed by atoms with Crippen LogP contribution in [0, 0.1) is 5.82 Å². The van der Waals surface area contributed by atoms with Crippen LogP contribution in [-0.2, 0) is 0 Å². The fourth-order valence-corrected chi connectivity index (χ4v) is 2.61. The third kappa shape index (κ3) is 3.12. The quantitative estimate of drug-likeness (QED) is 0.911. The molecule has 1 unspecified atom stereocenters. The normalized spacial score (nSPS) is 12.0. The van der Waals surface area contributed by atoms with Crippen molar-refractivity contribution in [3.05, 3.63) is 58.4 Å². The summed E-state index contributed by atoms with van der Waals surface area (Å²) in [5.41, 5.74) is 1.34. The molecule has 0 saturated carbocycles. The molecule has 2 aromatic carbocycles. The molecule has 0 spiro atoms. The minimum absolute atomic E-state index is 0.275. The van der Waals surface area contributed by atoms with Crippen molar-refractivity contribution in [2.75, 3.05) is 21.3 Å². The van der Waals surface area contributed by atoms with Crippen molar-refractivity contribution in [3.8, 4) is 11.5 Å². The van der Waals surface area contributed by atoms with Gasteiger partial charge in [0.2, 0.25) is 0 Å². The molecule has 112 valence electrons. The monoisotopic (exact) mass is 309 g/mol. The van der Waals surface area contributed by atoms with Crippen LogP contribution in [0.3, 0.4) is 0 Å². The highest BCUT2D eigenvalue weighted by atomic mass is 35.5. The lowest BCUT2D eigenvalue weighted by Crippen LogP contribution is -2.19. The molecule has 0 radical (unpaired) electrons. The van der Waals surface area contributed by atoms with E-state index >= 15 is 0 Å². The highest BCUT2D eigenvalue weighted by molar-refractivity contribution is 6.32. The maximum absolute atomic E-state index is 14.0. The van der Waals surface area contributed by atoms with Gasteiger partial charge in [-0.3, -0.25) is 0 Å². The Bertz CT molecular complexity index is 634. The Labute approximate surface area is 128 Å². The summed E-state index contributed by atoms with van der Waals surface area (Å²) < 4.78 is 24.5. The molecule has 0 aliphatic heterocycles. The third-order valence-corrected chi connectivity index (χ3v) is 3.57. The van der Waals surface area contributed by atoms with Crippen molar-refractivity contribution in [3.63, 3.8) is 0 Å². The van der Waals surface area contributed by atoms with Gasteiger partial charge in [-0.15, -0.1) is 0 Å². The summed E-state index contributed by atoms with van der Waals surface area (Å²) in [7, 11) is 4.83. The minimum atomic E-state index is -0.330. The first kappa shape index (κ1) is 15.6. The van der Waals surface area contributed by atoms with E-state index in [1.165, 1.54) is 20.3 Å². The van der Waals surface area contributed by atoms with E-state index in [-0.39, 0.29) is 11.9 Å². The Morgan fingerprint density at radius 2 is 1.86 bits per heavy atom. The average molecular weight is 310 g/mol. The summed E-state index contributed by atoms with van der Waals surface area (Å²) in [5.74, 6) is 0.700. The molecule has 0 bridgehead atoms. The van der Waals surface area contributed by atoms with Crippen LogP contribution in [0.25, 0.3) is 0 Å². The van der Waals surface area contributed by atoms with E-state index in [1.807, 2.05) is 0 Å². The second-order valence-corrected chi connectivity index (χ2v) is 4.89. The Kier molecular flexibility index (Phi) is 5.04. The van der Waals surface area contributed by atoms with Crippen LogP contribution in [0.15, 0.2) is 36.4 Å². The zero-order valence-corrected chi connectivity index (χ0v) is 12.9. The standard InChI is InChI=1S/C16H17ClFNO2/c1-19-15(11-6-4-5-7-13(11)18)10-8-12(17)16(21-3)14(9-10)20-2/h4-9,15,19H,1-3H3. The number of benzene rings is 2. The van der Waals surface area contributed by atoms with Gasteiger partial charge >= 0.3 is 0 Å². The Hall–Kier alpha value is -1.78. The van der Waals surface area contributed by atoms with Crippen LogP contribution in [0.2, 0.25) is 5.02 Å². The number of hydrogen-bond acceptors (Lipinski definition) is 3. The summed E-state index contributed by atoms with van der Waals surface area (Å²) >= 11 is 6.22. The van der Waals surface area contributed by atoms with Crippen molar-refractivity contribution < 1.29 is 13.9 Å². The number of nitrogens with one attached hydrogen (secondary N) is 1. The van der Waals surface area contributed by atoms with Crippen LogP contribution < -0.4 is 14.8 Å². The molecule has 0 saturated heterocycles. The van der Waals surface area contributed by atoms with E-state index < -0.39 is 0 Å². The van der Waals surface area contributed by atoms with Crippen LogP contribution in [0.1, 0.15) is 17.2 Å². The van der Waals surface area contributed by atoms with E-state index in [1.54, 1.807) is 37.4 Å². The predicted octanol–water partition coefficient (Wildman–Crippen LogP) is 3.81. The third-order valence-electron chi connectivity index (χ3n) is 3.29. The van der Waals surface area contributed by atoms with Gasteiger partial charge in [-0.2, -0.15) is 0 Å². The van der Waals surface area contributed by atoms with Gasteiger partial charge in [-0.05, 0) is 30.8 Å². The molecule has 0 heterocycles. The van der Waals surface area contributed by atoms with E-state index in [0.29, 0.717) is 22.1 Å². The molecular formula is C16H17ClFNO2. The Morgan fingerprint density at radius 3 is 2.43 bits per heavy atom. The van der Waals surface area contributed by atoms with Gasteiger partial charge in [0.05, 0.1) is 25.3 Å². The van der Waals surface area contributed by atoms with Gasteiger partial charge < -0.3 is 14.8 Å². The van der Waals surface area contributed by atoms with E-state index in [2.05, 4.69) is 5.32 Å². The summed E-state index contributed by atoms with van der Waals surface area (Å²) in [6, 6.07) is 9.83. The van der Waals surface area contributed by atoms with Crippen molar-refractivity contribution in [1.82, 2.24) is 5.32 Å². The average Bonchev–Trinajstić information content (AvgIpc) is 2.49. The lowest BCUT2D eigenvalue weighted by atomic mass is 9.98. The summed E-state index contributed by atoms with van der Waals surface area (Å²) in [5, 5.41) is 3.52. The molecule has 1 N–H and O–H groups in total. The number of methoxy groups -OCH3 is 2. The lowest BCUT2D eigenvalue weighted by molar-refractivity contribution is 0.354. The minimum Gasteiger partial charge on any atom is -0.493 e. The smallest absolute Gasteiger partial charge is 0.179 e. The maximum atomic E-state index is 14.0. The second kappa shape index (κ2) is 6.78. The SMILES string of the molecule is CNC(c1cc(Cl)c(OC)c(OC)c1)c1ccccc1F. The van der Waals surface area contributed by atoms with Gasteiger partial charge in [-0.25, -0.2) is 4.39 Å². The second-order valence-electron chi connectivity index (χ2n) is 4.48. The maximum Gasteiger partial charge on any atom is 0.179 e. The fraction of sp³-hybridized carbons (Fsp3) is 0.250. The van der Waals surface area contributed by atoms with Crippen LogP contribution >= 0.6 is 11.6 Å². The van der Waals surface area contributed by atoms with Gasteiger partial charge in [0.15, 0.2) is 11.5 Å². The highest BCUT2D eigenvalue weighted by Gasteiger charge is 2.19. The van der Waals surface area contributed by atoms with Crippen molar-refractivity contribution in [1.29, 1.82) is 0 Å². The topological polar surface area (TPSA) is 30.5 Å². The molecule has 0 fully saturated rings. The van der Waals surface area contributed by atoms with Crippen LogP contribution in [0.4, 0.5) is 4.39 Å². The molecule has 21 heavy (non-hydrogen) atoms. The Balaban J connectivity index is 2.53. The van der Waals surface area contributed by atoms with Crippen molar-refractivity contribution >= 4 is 11.6 Å². The van der Waals surface area contributed by atoms with Crippen LogP contribution in [-0.4, -0.2) is 21.3 Å². The molecule has 0 aromatic heterocycles. The Morgan fingerprint density at radius 1 is 1.14 bits per heavy atom. The number of ether oxygens (including phenoxy) is 2. The first-order chi connectivity index (χ1) is 10.1. The van der Waals surface area contributed by atoms with Crippen molar-refractivity contribution in [2.24, 2.45) is 0 Å². The van der Waals surface area contributed by atoms with E-state index in [0.717, 1.165) is 5.56 Å². The molecular weight excluding hydrogens is 293 g/mol. The molecule has 5 heteroatoms. The largest absolute Gasteiger partial charge is 0.493 e. The van der Waals surface area contributed by atoms with Crippen LogP contribution in [0.5, 0.6) is 11.5 Å². The van der Waals surface area contributed by atoms with Gasteiger partial charge in [0.1, 0.15) is 5.82 Å². The van der Waals surface area contributed by atoms with Gasteiger partial charge in [-0.1, -0.05) is 29.8 Å². The summed E-state index contributed by atoms with van der Waals surface area (Å²) in [4.78, 5) is 0. The first-order valence-corrected chi connectivity index (χ1v) is 6.83. The van der Waals surface area contributed by atoms with Gasteiger partial charge in [0.25, 0.3) is 0 Å². The van der Waals surface area contributed by atoms with E-state index in [4.69, 9.17) is 21.1 Å². The molecule has 2 rings (SSSR count). The van der Waals surface area contributed by atoms with Crippen molar-refractivity contribution in [2.45, 2.75) is 6.04 Å². The predicted molar refractivity (Wildman–Crippen MR) is 81.9 cm³/mol. The summed E-state index contributed by atoms with van der Waals surface area (Å²) in [6.45, 7) is 0. The molecule has 3 nitrogen and oxygen atoms in total. The number of halogens is 2. The molecule has 1 atom stereocenters. The number of rotatable bonds is 5. The molecule has 2 aromatic rings. The molecule has 0 aliphatic rings.